The molecule has 0 aliphatic rings. The fourth-order valence-corrected chi connectivity index (χ4v) is 1.50. The summed E-state index contributed by atoms with van der Waals surface area (Å²) in [5, 5.41) is 19.6. The molecule has 0 amide bonds. The Morgan fingerprint density at radius 1 is 1.00 bits per heavy atom. The average Bonchev–Trinajstić information content (AvgIpc) is 2.30. The lowest BCUT2D eigenvalue weighted by atomic mass is 10.2. The Labute approximate surface area is 104 Å². The van der Waals surface area contributed by atoms with Crippen molar-refractivity contribution in [3.63, 3.8) is 0 Å². The third kappa shape index (κ3) is 2.77. The van der Waals surface area contributed by atoms with Gasteiger partial charge in [-0.05, 0) is 30.3 Å². The van der Waals surface area contributed by atoms with Crippen molar-refractivity contribution in [2.75, 3.05) is 0 Å². The molecule has 0 aromatic heterocycles. The monoisotopic (exact) mass is 247 g/mol. The van der Waals surface area contributed by atoms with Gasteiger partial charge in [-0.2, -0.15) is 0 Å². The van der Waals surface area contributed by atoms with Crippen LogP contribution in [0.5, 0.6) is 11.5 Å². The van der Waals surface area contributed by atoms with Crippen molar-refractivity contribution in [3.8, 4) is 11.5 Å². The number of hydrogen-bond donors (Lipinski definition) is 2. The van der Waals surface area contributed by atoms with Crippen LogP contribution < -0.4 is 0 Å². The van der Waals surface area contributed by atoms with Gasteiger partial charge in [-0.1, -0.05) is 23.7 Å². The second-order valence-corrected chi connectivity index (χ2v) is 3.89. The highest BCUT2D eigenvalue weighted by atomic mass is 35.5. The number of benzene rings is 2. The van der Waals surface area contributed by atoms with Crippen LogP contribution >= 0.6 is 11.6 Å². The Hall–Kier alpha value is -2.00. The fourth-order valence-electron chi connectivity index (χ4n) is 1.34. The standard InChI is InChI=1S/C13H10ClNO2/c14-10-6-5-9(13(17)7-10)8-15-11-3-1-2-4-12(11)16/h1-8,16-17H. The first-order chi connectivity index (χ1) is 8.16. The van der Waals surface area contributed by atoms with Crippen LogP contribution in [0, 0.1) is 0 Å². The highest BCUT2D eigenvalue weighted by Gasteiger charge is 2.00. The molecule has 0 spiro atoms. The zero-order valence-electron chi connectivity index (χ0n) is 8.84. The first-order valence-corrected chi connectivity index (χ1v) is 5.35. The minimum Gasteiger partial charge on any atom is -0.507 e. The smallest absolute Gasteiger partial charge is 0.141 e. The Morgan fingerprint density at radius 3 is 2.47 bits per heavy atom. The largest absolute Gasteiger partial charge is 0.507 e. The molecule has 0 aliphatic carbocycles. The second kappa shape index (κ2) is 4.89. The Balaban J connectivity index is 2.29. The minimum absolute atomic E-state index is 0.0525. The van der Waals surface area contributed by atoms with Crippen LogP contribution in [0.1, 0.15) is 5.56 Å². The van der Waals surface area contributed by atoms with E-state index in [2.05, 4.69) is 4.99 Å². The van der Waals surface area contributed by atoms with Crippen molar-refractivity contribution < 1.29 is 10.2 Å². The molecule has 0 atom stereocenters. The Kier molecular flexibility index (Phi) is 3.30. The van der Waals surface area contributed by atoms with Gasteiger partial charge in [0.2, 0.25) is 0 Å². The van der Waals surface area contributed by atoms with E-state index in [4.69, 9.17) is 11.6 Å². The molecule has 0 radical (unpaired) electrons. The van der Waals surface area contributed by atoms with Crippen molar-refractivity contribution in [1.82, 2.24) is 0 Å². The predicted octanol–water partition coefficient (Wildman–Crippen LogP) is 3.50. The second-order valence-electron chi connectivity index (χ2n) is 3.45. The van der Waals surface area contributed by atoms with Crippen LogP contribution in [0.4, 0.5) is 5.69 Å². The van der Waals surface area contributed by atoms with E-state index in [-0.39, 0.29) is 11.5 Å². The summed E-state index contributed by atoms with van der Waals surface area (Å²) in [6, 6.07) is 11.5. The summed E-state index contributed by atoms with van der Waals surface area (Å²) in [7, 11) is 0. The number of phenolic OH excluding ortho intramolecular Hbond substituents is 2. The lowest BCUT2D eigenvalue weighted by Crippen LogP contribution is -1.81. The fraction of sp³-hybridized carbons (Fsp3) is 0. The molecule has 3 nitrogen and oxygen atoms in total. The maximum atomic E-state index is 9.60. The maximum absolute atomic E-state index is 9.60. The quantitative estimate of drug-likeness (QED) is 0.798. The number of aliphatic imine (C=N–C) groups is 1. The molecule has 4 heteroatoms. The summed E-state index contributed by atoms with van der Waals surface area (Å²) in [5.74, 6) is 0.147. The highest BCUT2D eigenvalue weighted by molar-refractivity contribution is 6.30. The number of rotatable bonds is 2. The molecule has 0 heterocycles. The van der Waals surface area contributed by atoms with E-state index in [0.717, 1.165) is 0 Å². The molecule has 0 fully saturated rings. The molecule has 2 rings (SSSR count). The van der Waals surface area contributed by atoms with E-state index in [1.54, 1.807) is 36.4 Å². The van der Waals surface area contributed by atoms with Crippen LogP contribution in [0.3, 0.4) is 0 Å². The molecule has 2 aromatic rings. The number of para-hydroxylation sites is 2. The van der Waals surface area contributed by atoms with Crippen LogP contribution in [0.15, 0.2) is 47.5 Å². The normalized spacial score (nSPS) is 10.9. The number of nitrogens with zero attached hydrogens (tertiary/aromatic N) is 1. The lowest BCUT2D eigenvalue weighted by Gasteiger charge is -2.00. The minimum atomic E-state index is 0.0525. The van der Waals surface area contributed by atoms with E-state index in [1.165, 1.54) is 12.3 Å². The van der Waals surface area contributed by atoms with Crippen molar-refractivity contribution in [2.45, 2.75) is 0 Å². The zero-order chi connectivity index (χ0) is 12.3. The van der Waals surface area contributed by atoms with Gasteiger partial charge in [0.15, 0.2) is 0 Å². The van der Waals surface area contributed by atoms with Crippen molar-refractivity contribution >= 4 is 23.5 Å². The Bertz CT molecular complexity index is 567. The van der Waals surface area contributed by atoms with E-state index in [1.807, 2.05) is 0 Å². The third-order valence-electron chi connectivity index (χ3n) is 2.22. The van der Waals surface area contributed by atoms with E-state index < -0.39 is 0 Å². The van der Waals surface area contributed by atoms with E-state index >= 15 is 0 Å². The first-order valence-electron chi connectivity index (χ1n) is 4.97. The molecule has 17 heavy (non-hydrogen) atoms. The Morgan fingerprint density at radius 2 is 1.76 bits per heavy atom. The lowest BCUT2D eigenvalue weighted by molar-refractivity contribution is 0.474. The average molecular weight is 248 g/mol. The van der Waals surface area contributed by atoms with Crippen LogP contribution in [0.2, 0.25) is 5.02 Å². The summed E-state index contributed by atoms with van der Waals surface area (Å²) in [6.45, 7) is 0. The van der Waals surface area contributed by atoms with E-state index in [0.29, 0.717) is 16.3 Å². The summed E-state index contributed by atoms with van der Waals surface area (Å²) in [5.41, 5.74) is 0.986. The summed E-state index contributed by atoms with van der Waals surface area (Å²) in [6.07, 6.45) is 1.47. The van der Waals surface area contributed by atoms with Crippen LogP contribution in [0.25, 0.3) is 0 Å². The van der Waals surface area contributed by atoms with Gasteiger partial charge in [-0.3, -0.25) is 4.99 Å². The van der Waals surface area contributed by atoms with Gasteiger partial charge in [0.05, 0.1) is 0 Å². The highest BCUT2D eigenvalue weighted by Crippen LogP contribution is 2.26. The van der Waals surface area contributed by atoms with Gasteiger partial charge in [0, 0.05) is 16.8 Å². The molecule has 0 aliphatic heterocycles. The molecule has 2 N–H and O–H groups in total. The number of halogens is 1. The van der Waals surface area contributed by atoms with Crippen LogP contribution in [-0.2, 0) is 0 Å². The van der Waals surface area contributed by atoms with E-state index in [9.17, 15) is 10.2 Å². The van der Waals surface area contributed by atoms with Gasteiger partial charge in [0.25, 0.3) is 0 Å². The molecule has 0 unspecified atom stereocenters. The first kappa shape index (κ1) is 11.5. The SMILES string of the molecule is Oc1cc(Cl)ccc1C=Nc1ccccc1O. The third-order valence-corrected chi connectivity index (χ3v) is 2.45. The predicted molar refractivity (Wildman–Crippen MR) is 68.5 cm³/mol. The van der Waals surface area contributed by atoms with Gasteiger partial charge in [-0.15, -0.1) is 0 Å². The number of aromatic hydroxyl groups is 2. The summed E-state index contributed by atoms with van der Waals surface area (Å²) in [4.78, 5) is 4.09. The molecular formula is C13H10ClNO2. The van der Waals surface area contributed by atoms with Gasteiger partial charge < -0.3 is 10.2 Å². The molecular weight excluding hydrogens is 238 g/mol. The number of hydrogen-bond acceptors (Lipinski definition) is 3. The summed E-state index contributed by atoms with van der Waals surface area (Å²) >= 11 is 5.71. The molecule has 0 bridgehead atoms. The molecule has 0 saturated carbocycles. The molecule has 0 saturated heterocycles. The zero-order valence-corrected chi connectivity index (χ0v) is 9.59. The van der Waals surface area contributed by atoms with Gasteiger partial charge in [0.1, 0.15) is 17.2 Å². The van der Waals surface area contributed by atoms with Crippen molar-refractivity contribution in [2.24, 2.45) is 4.99 Å². The van der Waals surface area contributed by atoms with Crippen molar-refractivity contribution in [3.05, 3.63) is 53.1 Å². The van der Waals surface area contributed by atoms with Gasteiger partial charge >= 0.3 is 0 Å². The van der Waals surface area contributed by atoms with Crippen LogP contribution in [-0.4, -0.2) is 16.4 Å². The number of phenols is 2. The maximum Gasteiger partial charge on any atom is 0.141 e. The molecule has 86 valence electrons. The summed E-state index contributed by atoms with van der Waals surface area (Å²) < 4.78 is 0. The van der Waals surface area contributed by atoms with Crippen molar-refractivity contribution in [1.29, 1.82) is 0 Å². The van der Waals surface area contributed by atoms with Gasteiger partial charge in [-0.25, -0.2) is 0 Å². The molecule has 2 aromatic carbocycles. The topological polar surface area (TPSA) is 52.8 Å².